The number of hydrogen-bond acceptors (Lipinski definition) is 7. The minimum absolute atomic E-state index is 0.0925. The number of aromatic nitrogens is 4. The van der Waals surface area contributed by atoms with E-state index in [-0.39, 0.29) is 11.9 Å². The van der Waals surface area contributed by atoms with Crippen LogP contribution in [0.15, 0.2) is 5.03 Å². The van der Waals surface area contributed by atoms with Crippen LogP contribution in [-0.2, 0) is 4.74 Å². The Labute approximate surface area is 159 Å². The van der Waals surface area contributed by atoms with Gasteiger partial charge in [-0.05, 0) is 46.5 Å². The van der Waals surface area contributed by atoms with E-state index >= 15 is 0 Å². The van der Waals surface area contributed by atoms with Crippen molar-refractivity contribution < 1.29 is 9.53 Å². The van der Waals surface area contributed by atoms with Crippen LogP contribution in [0.2, 0.25) is 0 Å². The molecule has 0 N–H and O–H groups in total. The summed E-state index contributed by atoms with van der Waals surface area (Å²) in [6.45, 7) is 5.97. The summed E-state index contributed by atoms with van der Waals surface area (Å²) in [5.41, 5.74) is 1.63. The highest BCUT2D eigenvalue weighted by Crippen LogP contribution is 2.36. The Balaban J connectivity index is 0.00000117. The van der Waals surface area contributed by atoms with Gasteiger partial charge in [0.25, 0.3) is 0 Å². The van der Waals surface area contributed by atoms with Gasteiger partial charge in [0.05, 0.1) is 24.2 Å². The molecule has 2 aromatic heterocycles. The largest absolute Gasteiger partial charge is 0.463 e. The molecule has 0 aliphatic heterocycles. The maximum atomic E-state index is 11.9. The lowest BCUT2D eigenvalue weighted by molar-refractivity contribution is 0.0586. The lowest BCUT2D eigenvalue weighted by Gasteiger charge is -2.26. The van der Waals surface area contributed by atoms with Gasteiger partial charge in [-0.2, -0.15) is 5.10 Å². The van der Waals surface area contributed by atoms with Gasteiger partial charge in [-0.1, -0.05) is 13.8 Å². The number of carbonyl (C=O) groups excluding carboxylic acids is 1. The molecule has 1 aliphatic rings. The van der Waals surface area contributed by atoms with E-state index in [9.17, 15) is 4.79 Å². The van der Waals surface area contributed by atoms with Crippen molar-refractivity contribution in [1.29, 1.82) is 0 Å². The third-order valence-electron chi connectivity index (χ3n) is 4.68. The van der Waals surface area contributed by atoms with Crippen LogP contribution >= 0.6 is 11.8 Å². The van der Waals surface area contributed by atoms with Gasteiger partial charge < -0.3 is 9.64 Å². The van der Waals surface area contributed by atoms with Crippen molar-refractivity contribution in [2.45, 2.75) is 57.1 Å². The van der Waals surface area contributed by atoms with Crippen LogP contribution in [0, 0.1) is 6.92 Å². The average molecular weight is 380 g/mol. The Morgan fingerprint density at radius 1 is 1.27 bits per heavy atom. The van der Waals surface area contributed by atoms with Crippen molar-refractivity contribution in [1.82, 2.24) is 24.6 Å². The van der Waals surface area contributed by atoms with Crippen LogP contribution in [0.4, 0.5) is 0 Å². The van der Waals surface area contributed by atoms with E-state index in [4.69, 9.17) is 9.84 Å². The minimum atomic E-state index is -0.520. The van der Waals surface area contributed by atoms with E-state index in [2.05, 4.69) is 29.0 Å². The molecule has 1 fully saturated rings. The fraction of sp³-hybridized carbons (Fsp3) is 0.667. The number of carbonyl (C=O) groups is 1. The number of thioether (sulfide) groups is 1. The van der Waals surface area contributed by atoms with E-state index in [1.54, 1.807) is 0 Å². The Hall–Kier alpha value is -1.67. The van der Waals surface area contributed by atoms with Gasteiger partial charge in [0.15, 0.2) is 5.65 Å². The first kappa shape index (κ1) is 20.6. The van der Waals surface area contributed by atoms with E-state index in [0.717, 1.165) is 41.0 Å². The number of esters is 1. The zero-order valence-corrected chi connectivity index (χ0v) is 17.6. The van der Waals surface area contributed by atoms with Gasteiger partial charge in [0.2, 0.25) is 5.82 Å². The summed E-state index contributed by atoms with van der Waals surface area (Å²) in [6, 6.07) is 0.674. The molecule has 0 aromatic carbocycles. The highest BCUT2D eigenvalue weighted by atomic mass is 32.2. The zero-order chi connectivity index (χ0) is 19.4. The van der Waals surface area contributed by atoms with Crippen LogP contribution in [-0.4, -0.2) is 64.1 Å². The lowest BCUT2D eigenvalue weighted by Crippen LogP contribution is -2.33. The van der Waals surface area contributed by atoms with Gasteiger partial charge in [0.1, 0.15) is 5.03 Å². The smallest absolute Gasteiger partial charge is 0.376 e. The highest BCUT2D eigenvalue weighted by Gasteiger charge is 2.33. The second-order valence-corrected chi connectivity index (χ2v) is 7.10. The van der Waals surface area contributed by atoms with Crippen molar-refractivity contribution in [3.8, 4) is 0 Å². The van der Waals surface area contributed by atoms with Crippen LogP contribution in [0.3, 0.4) is 0 Å². The van der Waals surface area contributed by atoms with Gasteiger partial charge in [-0.25, -0.2) is 19.4 Å². The molecule has 2 heterocycles. The number of aryl methyl sites for hydroxylation is 1. The predicted octanol–water partition coefficient (Wildman–Crippen LogP) is 3.32. The van der Waals surface area contributed by atoms with Gasteiger partial charge in [-0.15, -0.1) is 11.8 Å². The second kappa shape index (κ2) is 8.81. The van der Waals surface area contributed by atoms with Gasteiger partial charge in [-0.3, -0.25) is 0 Å². The predicted molar refractivity (Wildman–Crippen MR) is 105 cm³/mol. The topological polar surface area (TPSA) is 73.1 Å². The fourth-order valence-electron chi connectivity index (χ4n) is 3.54. The molecule has 3 rings (SSSR count). The molecule has 0 spiro atoms. The normalized spacial score (nSPS) is 19.5. The molecule has 26 heavy (non-hydrogen) atoms. The van der Waals surface area contributed by atoms with Crippen molar-refractivity contribution in [2.24, 2.45) is 0 Å². The summed E-state index contributed by atoms with van der Waals surface area (Å²) < 4.78 is 6.80. The Morgan fingerprint density at radius 2 is 1.96 bits per heavy atom. The molecule has 1 aliphatic carbocycles. The van der Waals surface area contributed by atoms with Crippen molar-refractivity contribution in [3.05, 3.63) is 11.5 Å². The SMILES string of the molecule is CC.COC(=O)c1nc(SC)c2c(C)nn(C3CCCC3N(C)C)c2n1. The molecule has 7 nitrogen and oxygen atoms in total. The first-order chi connectivity index (χ1) is 12.5. The number of methoxy groups -OCH3 is 1. The second-order valence-electron chi connectivity index (χ2n) is 6.31. The van der Waals surface area contributed by atoms with E-state index in [0.29, 0.717) is 6.04 Å². The summed E-state index contributed by atoms with van der Waals surface area (Å²) in [5, 5.41) is 6.46. The Morgan fingerprint density at radius 3 is 2.54 bits per heavy atom. The van der Waals surface area contributed by atoms with Crippen molar-refractivity contribution in [2.75, 3.05) is 27.5 Å². The highest BCUT2D eigenvalue weighted by molar-refractivity contribution is 7.98. The number of nitrogens with zero attached hydrogens (tertiary/aromatic N) is 5. The number of fused-ring (bicyclic) bond motifs is 1. The molecular formula is C18H29N5O2S. The van der Waals surface area contributed by atoms with Crippen LogP contribution in [0.25, 0.3) is 11.0 Å². The number of hydrogen-bond donors (Lipinski definition) is 0. The number of ether oxygens (including phenoxy) is 1. The summed E-state index contributed by atoms with van der Waals surface area (Å²) in [4.78, 5) is 23.0. The van der Waals surface area contributed by atoms with E-state index in [1.807, 2.05) is 31.7 Å². The third kappa shape index (κ3) is 3.71. The molecular weight excluding hydrogens is 350 g/mol. The molecule has 0 bridgehead atoms. The quantitative estimate of drug-likeness (QED) is 0.458. The summed E-state index contributed by atoms with van der Waals surface area (Å²) in [5.74, 6) is -0.428. The van der Waals surface area contributed by atoms with E-state index < -0.39 is 5.97 Å². The maximum absolute atomic E-state index is 11.9. The standard InChI is InChI=1S/C16H23N5O2S.C2H6/c1-9-12-14(17-13(16(22)23-4)18-15(12)24-5)21(19-9)11-8-6-7-10(11)20(2)3;1-2/h10-11H,6-8H2,1-5H3;1-2H3. The van der Waals surface area contributed by atoms with Crippen molar-refractivity contribution >= 4 is 28.8 Å². The molecule has 8 heteroatoms. The molecule has 2 unspecified atom stereocenters. The number of likely N-dealkylation sites (N-methyl/N-ethyl adjacent to an activating group) is 1. The van der Waals surface area contributed by atoms with Crippen LogP contribution < -0.4 is 0 Å². The summed E-state index contributed by atoms with van der Waals surface area (Å²) in [7, 11) is 5.55. The van der Waals surface area contributed by atoms with Gasteiger partial charge >= 0.3 is 5.97 Å². The Bertz CT molecular complexity index is 775. The fourth-order valence-corrected chi connectivity index (χ4v) is 4.16. The van der Waals surface area contributed by atoms with Crippen molar-refractivity contribution in [3.63, 3.8) is 0 Å². The van der Waals surface area contributed by atoms with E-state index in [1.165, 1.54) is 18.9 Å². The van der Waals surface area contributed by atoms with Crippen LogP contribution in [0.1, 0.15) is 55.5 Å². The van der Waals surface area contributed by atoms with Gasteiger partial charge in [0, 0.05) is 6.04 Å². The molecule has 1 saturated carbocycles. The molecule has 2 aromatic rings. The molecule has 0 saturated heterocycles. The summed E-state index contributed by atoms with van der Waals surface area (Å²) >= 11 is 1.49. The average Bonchev–Trinajstić information content (AvgIpc) is 3.26. The Kier molecular flexibility index (Phi) is 7.00. The first-order valence-corrected chi connectivity index (χ1v) is 10.3. The maximum Gasteiger partial charge on any atom is 0.376 e. The molecule has 0 radical (unpaired) electrons. The summed E-state index contributed by atoms with van der Waals surface area (Å²) in [6.07, 6.45) is 5.31. The molecule has 0 amide bonds. The number of rotatable bonds is 4. The minimum Gasteiger partial charge on any atom is -0.463 e. The zero-order valence-electron chi connectivity index (χ0n) is 16.7. The molecule has 2 atom stereocenters. The van der Waals surface area contributed by atoms with Crippen LogP contribution in [0.5, 0.6) is 0 Å². The first-order valence-electron chi connectivity index (χ1n) is 9.03. The monoisotopic (exact) mass is 379 g/mol. The third-order valence-corrected chi connectivity index (χ3v) is 5.36. The molecule has 144 valence electrons. The lowest BCUT2D eigenvalue weighted by atomic mass is 10.1.